The number of carboxylic acids is 2. The highest BCUT2D eigenvalue weighted by atomic mass is 32.2. The van der Waals surface area contributed by atoms with E-state index >= 15 is 0 Å². The second-order valence-electron chi connectivity index (χ2n) is 8.36. The van der Waals surface area contributed by atoms with Crippen LogP contribution in [0.4, 0.5) is 26.3 Å². The molecule has 2 fully saturated rings. The molecule has 2 saturated heterocycles. The number of aliphatic carboxylic acids is 2. The van der Waals surface area contributed by atoms with E-state index in [1.54, 1.807) is 0 Å². The number of hydrogen-bond acceptors (Lipinski definition) is 7. The number of halogens is 6. The molecule has 212 valence electrons. The number of pyridine rings is 1. The molecule has 2 atom stereocenters. The van der Waals surface area contributed by atoms with Gasteiger partial charge in [-0.3, -0.25) is 9.88 Å². The molecule has 17 heteroatoms. The highest BCUT2D eigenvalue weighted by Crippen LogP contribution is 2.37. The molecule has 0 radical (unpaired) electrons. The number of hydrogen-bond donors (Lipinski definition) is 3. The lowest BCUT2D eigenvalue weighted by atomic mass is 9.90. The van der Waals surface area contributed by atoms with Crippen molar-refractivity contribution in [1.82, 2.24) is 14.6 Å². The van der Waals surface area contributed by atoms with E-state index in [0.29, 0.717) is 6.54 Å². The lowest BCUT2D eigenvalue weighted by molar-refractivity contribution is -0.193. The van der Waals surface area contributed by atoms with Gasteiger partial charge < -0.3 is 14.9 Å². The molecule has 0 saturated carbocycles. The summed E-state index contributed by atoms with van der Waals surface area (Å²) in [5.74, 6) is -5.51. The number of rotatable bonds is 5. The van der Waals surface area contributed by atoms with E-state index in [1.807, 2.05) is 24.5 Å². The van der Waals surface area contributed by atoms with E-state index in [2.05, 4.69) is 14.6 Å². The molecule has 2 aliphatic heterocycles. The molecule has 1 aromatic rings. The zero-order valence-electron chi connectivity index (χ0n) is 19.5. The fourth-order valence-corrected chi connectivity index (χ4v) is 4.11. The summed E-state index contributed by atoms with van der Waals surface area (Å²) in [6.45, 7) is 3.24. The van der Waals surface area contributed by atoms with Gasteiger partial charge in [-0.1, -0.05) is 0 Å². The third-order valence-electron chi connectivity index (χ3n) is 5.18. The number of alkyl halides is 6. The predicted molar refractivity (Wildman–Crippen MR) is 116 cm³/mol. The molecule has 1 aromatic heterocycles. The first-order valence-corrected chi connectivity index (χ1v) is 12.6. The van der Waals surface area contributed by atoms with Crippen molar-refractivity contribution in [2.24, 2.45) is 0 Å². The van der Waals surface area contributed by atoms with Crippen LogP contribution in [0, 0.1) is 0 Å². The lowest BCUT2D eigenvalue weighted by Crippen LogP contribution is -2.46. The maximum atomic E-state index is 11.3. The smallest absolute Gasteiger partial charge is 0.475 e. The monoisotopic (exact) mass is 567 g/mol. The lowest BCUT2D eigenvalue weighted by Gasteiger charge is -2.38. The summed E-state index contributed by atoms with van der Waals surface area (Å²) in [4.78, 5) is 24.3. The molecule has 0 unspecified atom stereocenters. The Morgan fingerprint density at radius 2 is 1.62 bits per heavy atom. The Balaban J connectivity index is 0.000000404. The van der Waals surface area contributed by atoms with Crippen molar-refractivity contribution in [2.75, 3.05) is 25.9 Å². The molecule has 0 aliphatic carbocycles. The van der Waals surface area contributed by atoms with Crippen molar-refractivity contribution in [1.29, 1.82) is 0 Å². The van der Waals surface area contributed by atoms with Gasteiger partial charge in [0.25, 0.3) is 0 Å². The normalized spacial score (nSPS) is 22.4. The molecule has 1 spiro atoms. The second-order valence-corrected chi connectivity index (χ2v) is 10.2. The molecular weight excluding hydrogens is 540 g/mol. The first-order valence-electron chi connectivity index (χ1n) is 10.7. The van der Waals surface area contributed by atoms with E-state index in [-0.39, 0.29) is 11.7 Å². The Bertz CT molecular complexity index is 968. The predicted octanol–water partition coefficient (Wildman–Crippen LogP) is 2.41. The number of carbonyl (C=O) groups is 2. The first kappa shape index (κ1) is 32.5. The van der Waals surface area contributed by atoms with Gasteiger partial charge in [-0.05, 0) is 43.4 Å². The minimum atomic E-state index is -5.08. The van der Waals surface area contributed by atoms with Crippen LogP contribution in [0.3, 0.4) is 0 Å². The third kappa shape index (κ3) is 13.0. The van der Waals surface area contributed by atoms with E-state index in [9.17, 15) is 34.8 Å². The van der Waals surface area contributed by atoms with E-state index in [1.165, 1.54) is 11.8 Å². The maximum absolute atomic E-state index is 11.3. The molecule has 3 heterocycles. The Morgan fingerprint density at radius 1 is 1.11 bits per heavy atom. The van der Waals surface area contributed by atoms with Gasteiger partial charge in [-0.25, -0.2) is 22.7 Å². The van der Waals surface area contributed by atoms with Crippen LogP contribution in [0.15, 0.2) is 24.5 Å². The summed E-state index contributed by atoms with van der Waals surface area (Å²) in [5.41, 5.74) is 1.16. The molecule has 37 heavy (non-hydrogen) atoms. The Morgan fingerprint density at radius 3 is 2.08 bits per heavy atom. The van der Waals surface area contributed by atoms with Crippen molar-refractivity contribution in [3.8, 4) is 0 Å². The minimum absolute atomic E-state index is 0.0145. The third-order valence-corrected chi connectivity index (χ3v) is 5.88. The first-order chi connectivity index (χ1) is 16.8. The maximum Gasteiger partial charge on any atom is 0.490 e. The van der Waals surface area contributed by atoms with Gasteiger partial charge in [0, 0.05) is 38.6 Å². The van der Waals surface area contributed by atoms with Gasteiger partial charge in [0.1, 0.15) is 0 Å². The second kappa shape index (κ2) is 13.3. The molecule has 2 aliphatic rings. The van der Waals surface area contributed by atoms with E-state index < -0.39 is 34.3 Å². The van der Waals surface area contributed by atoms with Crippen LogP contribution in [-0.4, -0.2) is 90.4 Å². The van der Waals surface area contributed by atoms with Crippen molar-refractivity contribution < 1.29 is 59.3 Å². The standard InChI is InChI=1S/C16H25N3O3S.2C2HF3O2/c1-23(20,21)18-11-15-3-2-6-16(22-15)7-10-19(13-16)12-14-4-8-17-9-5-14;2*3-2(4,5)1(6)7/h4-5,8-9,15,18H,2-3,6-7,10-13H2,1H3;2*(H,6,7)/t15-,16-;;/m1../s1. The summed E-state index contributed by atoms with van der Waals surface area (Å²) in [6.07, 6.45) is -1.23. The number of sulfonamides is 1. The summed E-state index contributed by atoms with van der Waals surface area (Å²) in [5, 5.41) is 14.2. The van der Waals surface area contributed by atoms with E-state index in [0.717, 1.165) is 45.3 Å². The molecule has 3 N–H and O–H groups in total. The topological polar surface area (TPSA) is 146 Å². The van der Waals surface area contributed by atoms with Crippen LogP contribution in [0.5, 0.6) is 0 Å². The van der Waals surface area contributed by atoms with Gasteiger partial charge in [0.15, 0.2) is 0 Å². The number of nitrogens with zero attached hydrogens (tertiary/aromatic N) is 2. The highest BCUT2D eigenvalue weighted by molar-refractivity contribution is 7.88. The van der Waals surface area contributed by atoms with Crippen LogP contribution < -0.4 is 4.72 Å². The van der Waals surface area contributed by atoms with Crippen molar-refractivity contribution in [2.45, 2.75) is 56.3 Å². The quantitative estimate of drug-likeness (QED) is 0.457. The highest BCUT2D eigenvalue weighted by Gasteiger charge is 2.43. The number of carboxylic acid groups (broad SMARTS) is 2. The molecular formula is C20H27F6N3O7S. The SMILES string of the molecule is CS(=O)(=O)NC[C@H]1CCC[C@]2(CCN(Cc3ccncc3)C2)O1.O=C(O)C(F)(F)F.O=C(O)C(F)(F)F. The molecule has 0 amide bonds. The summed E-state index contributed by atoms with van der Waals surface area (Å²) < 4.78 is 94.9. The number of likely N-dealkylation sites (tertiary alicyclic amines) is 1. The zero-order valence-corrected chi connectivity index (χ0v) is 20.4. The van der Waals surface area contributed by atoms with Gasteiger partial charge in [0.2, 0.25) is 10.0 Å². The van der Waals surface area contributed by atoms with E-state index in [4.69, 9.17) is 24.5 Å². The fraction of sp³-hybridized carbons (Fsp3) is 0.650. The molecule has 0 aromatic carbocycles. The molecule has 0 bridgehead atoms. The van der Waals surface area contributed by atoms with Gasteiger partial charge in [-0.15, -0.1) is 0 Å². The average molecular weight is 568 g/mol. The largest absolute Gasteiger partial charge is 0.490 e. The molecule has 3 rings (SSSR count). The van der Waals surface area contributed by atoms with Crippen LogP contribution in [0.1, 0.15) is 31.2 Å². The van der Waals surface area contributed by atoms with Crippen molar-refractivity contribution in [3.63, 3.8) is 0 Å². The minimum Gasteiger partial charge on any atom is -0.475 e. The van der Waals surface area contributed by atoms with Crippen LogP contribution in [0.25, 0.3) is 0 Å². The zero-order chi connectivity index (χ0) is 28.5. The summed E-state index contributed by atoms with van der Waals surface area (Å²) >= 11 is 0. The van der Waals surface area contributed by atoms with Crippen molar-refractivity contribution in [3.05, 3.63) is 30.1 Å². The number of aromatic nitrogens is 1. The summed E-state index contributed by atoms with van der Waals surface area (Å²) in [6, 6.07) is 4.09. The summed E-state index contributed by atoms with van der Waals surface area (Å²) in [7, 11) is -3.16. The van der Waals surface area contributed by atoms with Crippen LogP contribution in [-0.2, 0) is 30.9 Å². The van der Waals surface area contributed by atoms with Crippen LogP contribution >= 0.6 is 0 Å². The Labute approximate surface area is 208 Å². The van der Waals surface area contributed by atoms with Gasteiger partial charge in [0.05, 0.1) is 18.0 Å². The fourth-order valence-electron chi connectivity index (χ4n) is 3.62. The Hall–Kier alpha value is -2.50. The molecule has 10 nitrogen and oxygen atoms in total. The van der Waals surface area contributed by atoms with Crippen LogP contribution in [0.2, 0.25) is 0 Å². The van der Waals surface area contributed by atoms with Crippen molar-refractivity contribution >= 4 is 22.0 Å². The van der Waals surface area contributed by atoms with Gasteiger partial charge >= 0.3 is 24.3 Å². The van der Waals surface area contributed by atoms with Gasteiger partial charge in [-0.2, -0.15) is 26.3 Å². The number of nitrogens with one attached hydrogen (secondary N) is 1. The Kier molecular flexibility index (Phi) is 11.7. The number of ether oxygens (including phenoxy) is 1. The average Bonchev–Trinajstić information content (AvgIpc) is 3.13.